The van der Waals surface area contributed by atoms with Crippen LogP contribution in [0.3, 0.4) is 0 Å². The number of hydrogen-bond acceptors (Lipinski definition) is 2. The van der Waals surface area contributed by atoms with Crippen LogP contribution in [-0.2, 0) is 12.4 Å². The second-order valence-corrected chi connectivity index (χ2v) is 7.35. The van der Waals surface area contributed by atoms with E-state index < -0.39 is 23.6 Å². The zero-order chi connectivity index (χ0) is 17.7. The summed E-state index contributed by atoms with van der Waals surface area (Å²) in [6.45, 7) is 0. The monoisotopic (exact) mass is 535 g/mol. The van der Waals surface area contributed by atoms with Crippen LogP contribution in [0.4, 0.5) is 26.3 Å². The number of fused-ring (bicyclic) bond motifs is 1. The van der Waals surface area contributed by atoms with Gasteiger partial charge in [-0.15, -0.1) is 0 Å². The van der Waals surface area contributed by atoms with Gasteiger partial charge >= 0.3 is 147 Å². The normalized spacial score (nSPS) is 12.7. The maximum atomic E-state index is 13.2. The van der Waals surface area contributed by atoms with E-state index in [2.05, 4.69) is 10.1 Å². The first-order chi connectivity index (χ1) is 11.1. The molecule has 0 aliphatic heterocycles. The van der Waals surface area contributed by atoms with E-state index in [1.54, 1.807) is 0 Å². The van der Waals surface area contributed by atoms with Crippen LogP contribution in [0.15, 0.2) is 36.5 Å². The van der Waals surface area contributed by atoms with Crippen LogP contribution >= 0.6 is 0 Å². The summed E-state index contributed by atoms with van der Waals surface area (Å²) in [4.78, 5) is 4.13. The Balaban J connectivity index is 2.18. The Morgan fingerprint density at radius 2 is 1.54 bits per heavy atom. The summed E-state index contributed by atoms with van der Waals surface area (Å²) in [6, 6.07) is 4.62. The van der Waals surface area contributed by atoms with Crippen molar-refractivity contribution < 1.29 is 26.3 Å². The Bertz CT molecular complexity index is 896. The van der Waals surface area contributed by atoms with Crippen LogP contribution in [0.25, 0.3) is 16.9 Å². The SMILES string of the molecule is FC(F)(F)c1ccc(-c2cc(C(F)(F)F)n3nc[c]([Tl])c3n2)cc1. The van der Waals surface area contributed by atoms with Crippen molar-refractivity contribution in [3.8, 4) is 11.3 Å². The van der Waals surface area contributed by atoms with Gasteiger partial charge in [-0.1, -0.05) is 0 Å². The summed E-state index contributed by atoms with van der Waals surface area (Å²) in [5, 5.41) is 3.69. The molecule has 0 unspecified atom stereocenters. The first kappa shape index (κ1) is 17.2. The van der Waals surface area contributed by atoms with Crippen molar-refractivity contribution in [2.75, 3.05) is 0 Å². The maximum absolute atomic E-state index is 13.2. The number of benzene rings is 1. The van der Waals surface area contributed by atoms with Crippen LogP contribution in [0, 0.1) is 0 Å². The Kier molecular flexibility index (Phi) is 4.08. The summed E-state index contributed by atoms with van der Waals surface area (Å²) < 4.78 is 78.7. The van der Waals surface area contributed by atoms with Crippen LogP contribution in [0.2, 0.25) is 0 Å². The van der Waals surface area contributed by atoms with E-state index in [1.165, 1.54) is 6.20 Å². The molecule has 1 aromatic carbocycles. The molecular formula is C14H6F6N3Tl. The second-order valence-electron chi connectivity index (χ2n) is 4.93. The van der Waals surface area contributed by atoms with Gasteiger partial charge in [0.15, 0.2) is 0 Å². The van der Waals surface area contributed by atoms with Crippen LogP contribution in [-0.4, -0.2) is 40.4 Å². The number of rotatable bonds is 1. The average molecular weight is 535 g/mol. The zero-order valence-corrected chi connectivity index (χ0v) is 16.1. The molecule has 24 heavy (non-hydrogen) atoms. The third kappa shape index (κ3) is 3.13. The van der Waals surface area contributed by atoms with E-state index in [0.29, 0.717) is 7.64 Å². The Morgan fingerprint density at radius 1 is 0.917 bits per heavy atom. The molecule has 122 valence electrons. The molecule has 0 aliphatic carbocycles. The number of hydrogen-bond donors (Lipinski definition) is 0. The van der Waals surface area contributed by atoms with Crippen molar-refractivity contribution >= 4 is 34.5 Å². The number of nitrogens with zero attached hydrogens (tertiary/aromatic N) is 3. The molecule has 3 aromatic rings. The molecule has 0 atom stereocenters. The fraction of sp³-hybridized carbons (Fsp3) is 0.143. The van der Waals surface area contributed by atoms with Gasteiger partial charge in [0.25, 0.3) is 0 Å². The fourth-order valence-electron chi connectivity index (χ4n) is 2.16. The minimum atomic E-state index is -4.66. The van der Waals surface area contributed by atoms with Crippen LogP contribution in [0.1, 0.15) is 11.3 Å². The van der Waals surface area contributed by atoms with Crippen molar-refractivity contribution in [3.05, 3.63) is 47.8 Å². The summed E-state index contributed by atoms with van der Waals surface area (Å²) in [7, 11) is 0. The van der Waals surface area contributed by atoms with Crippen LogP contribution in [0.5, 0.6) is 0 Å². The molecule has 0 radical (unpaired) electrons. The molecule has 0 saturated heterocycles. The third-order valence-electron chi connectivity index (χ3n) is 3.30. The molecule has 2 heterocycles. The quantitative estimate of drug-likeness (QED) is 0.355. The van der Waals surface area contributed by atoms with E-state index in [0.717, 1.165) is 30.3 Å². The molecule has 0 bridgehead atoms. The van der Waals surface area contributed by atoms with E-state index in [9.17, 15) is 26.3 Å². The predicted molar refractivity (Wildman–Crippen MR) is 73.8 cm³/mol. The van der Waals surface area contributed by atoms with Gasteiger partial charge in [0, 0.05) is 0 Å². The van der Waals surface area contributed by atoms with Crippen molar-refractivity contribution in [1.82, 2.24) is 14.6 Å². The van der Waals surface area contributed by atoms with Gasteiger partial charge in [-0.25, -0.2) is 0 Å². The van der Waals surface area contributed by atoms with Gasteiger partial charge in [0.1, 0.15) is 0 Å². The second kappa shape index (κ2) is 5.71. The van der Waals surface area contributed by atoms with E-state index in [-0.39, 0.29) is 42.7 Å². The topological polar surface area (TPSA) is 30.2 Å². The van der Waals surface area contributed by atoms with Crippen molar-refractivity contribution in [2.24, 2.45) is 0 Å². The van der Waals surface area contributed by atoms with Gasteiger partial charge in [-0.3, -0.25) is 0 Å². The summed E-state index contributed by atoms with van der Waals surface area (Å²) >= 11 is 0.212. The van der Waals surface area contributed by atoms with Crippen molar-refractivity contribution in [3.63, 3.8) is 0 Å². The third-order valence-corrected chi connectivity index (χ3v) is 4.88. The fourth-order valence-corrected chi connectivity index (χ4v) is 3.15. The van der Waals surface area contributed by atoms with Gasteiger partial charge in [0.05, 0.1) is 0 Å². The molecule has 0 spiro atoms. The number of halogens is 6. The molecular weight excluding hydrogens is 529 g/mol. The molecule has 0 N–H and O–H groups in total. The molecule has 0 amide bonds. The van der Waals surface area contributed by atoms with E-state index in [1.807, 2.05) is 0 Å². The van der Waals surface area contributed by atoms with Gasteiger partial charge < -0.3 is 0 Å². The van der Waals surface area contributed by atoms with E-state index >= 15 is 0 Å². The Morgan fingerprint density at radius 3 is 2.08 bits per heavy atom. The Labute approximate surface area is 147 Å². The summed E-state index contributed by atoms with van der Waals surface area (Å²) in [5.74, 6) is 0. The molecule has 3 rings (SSSR count). The molecule has 0 aliphatic rings. The first-order valence-corrected chi connectivity index (χ1v) is 8.71. The zero-order valence-electron chi connectivity index (χ0n) is 11.7. The van der Waals surface area contributed by atoms with Crippen LogP contribution < -0.4 is 3.12 Å². The minimum absolute atomic E-state index is 0.0500. The Hall–Kier alpha value is -1.66. The first-order valence-electron chi connectivity index (χ1n) is 6.46. The van der Waals surface area contributed by atoms with E-state index in [4.69, 9.17) is 0 Å². The molecule has 0 saturated carbocycles. The standard InChI is InChI=1S/C14H6F6N3.Tl/c15-13(16,17)9-3-1-8(2-4-9)10-7-11(14(18,19)20)23-12(22-10)5-6-21-23;/h1-4,6-7H;. The van der Waals surface area contributed by atoms with Crippen molar-refractivity contribution in [2.45, 2.75) is 12.4 Å². The number of alkyl halides is 6. The average Bonchev–Trinajstić information content (AvgIpc) is 2.86. The van der Waals surface area contributed by atoms with Gasteiger partial charge in [-0.05, 0) is 0 Å². The molecule has 2 aromatic heterocycles. The predicted octanol–water partition coefficient (Wildman–Crippen LogP) is 3.23. The number of aromatic nitrogens is 3. The van der Waals surface area contributed by atoms with Gasteiger partial charge in [-0.2, -0.15) is 0 Å². The molecule has 0 fully saturated rings. The molecule has 10 heteroatoms. The van der Waals surface area contributed by atoms with Gasteiger partial charge in [0.2, 0.25) is 0 Å². The summed E-state index contributed by atoms with van der Waals surface area (Å²) in [5.41, 5.74) is -1.70. The van der Waals surface area contributed by atoms with Crippen molar-refractivity contribution in [1.29, 1.82) is 0 Å². The molecule has 3 nitrogen and oxygen atoms in total. The summed E-state index contributed by atoms with van der Waals surface area (Å²) in [6.07, 6.45) is -7.86.